The molecule has 4 nitrogen and oxygen atoms in total. The molecule has 2 rings (SSSR count). The van der Waals surface area contributed by atoms with Crippen molar-refractivity contribution in [2.24, 2.45) is 5.92 Å². The molecule has 0 N–H and O–H groups in total. The molecule has 17 heavy (non-hydrogen) atoms. The second kappa shape index (κ2) is 5.04. The molecule has 0 amide bonds. The molecule has 0 aliphatic carbocycles. The van der Waals surface area contributed by atoms with E-state index in [4.69, 9.17) is 4.74 Å². The summed E-state index contributed by atoms with van der Waals surface area (Å²) in [6, 6.07) is 3.96. The van der Waals surface area contributed by atoms with Gasteiger partial charge < -0.3 is 9.64 Å². The molecular weight excluding hydrogens is 284 g/mol. The Morgan fingerprint density at radius 3 is 3.00 bits per heavy atom. The van der Waals surface area contributed by atoms with Crippen LogP contribution in [0.3, 0.4) is 0 Å². The third-order valence-electron chi connectivity index (χ3n) is 3.05. The van der Waals surface area contributed by atoms with Gasteiger partial charge in [0.15, 0.2) is 0 Å². The first-order chi connectivity index (χ1) is 8.11. The first kappa shape index (κ1) is 12.4. The van der Waals surface area contributed by atoms with E-state index in [-0.39, 0.29) is 11.9 Å². The van der Waals surface area contributed by atoms with E-state index in [1.54, 1.807) is 0 Å². The third-order valence-corrected chi connectivity index (χ3v) is 3.89. The second-order valence-corrected chi connectivity index (χ2v) is 5.05. The van der Waals surface area contributed by atoms with Crippen LogP contribution < -0.4 is 4.90 Å². The molecular formula is C12H15BrN2O2. The smallest absolute Gasteiger partial charge is 0.310 e. The van der Waals surface area contributed by atoms with Gasteiger partial charge in [-0.05, 0) is 41.4 Å². The Morgan fingerprint density at radius 2 is 2.35 bits per heavy atom. The lowest BCUT2D eigenvalue weighted by Crippen LogP contribution is -2.24. The summed E-state index contributed by atoms with van der Waals surface area (Å²) in [4.78, 5) is 18.1. The van der Waals surface area contributed by atoms with Crippen molar-refractivity contribution in [3.05, 3.63) is 22.3 Å². The summed E-state index contributed by atoms with van der Waals surface area (Å²) in [7, 11) is 1.44. The number of esters is 1. The number of halogens is 1. The van der Waals surface area contributed by atoms with Crippen molar-refractivity contribution in [3.63, 3.8) is 0 Å². The van der Waals surface area contributed by atoms with Gasteiger partial charge in [0.05, 0.1) is 18.7 Å². The van der Waals surface area contributed by atoms with Gasteiger partial charge in [-0.3, -0.25) is 4.79 Å². The van der Waals surface area contributed by atoms with Crippen LogP contribution in [0.25, 0.3) is 0 Å². The maximum Gasteiger partial charge on any atom is 0.310 e. The summed E-state index contributed by atoms with van der Waals surface area (Å²) in [6.45, 7) is 3.51. The Kier molecular flexibility index (Phi) is 3.66. The van der Waals surface area contributed by atoms with Crippen molar-refractivity contribution in [2.75, 3.05) is 25.1 Å². The predicted molar refractivity (Wildman–Crippen MR) is 69.0 cm³/mol. The van der Waals surface area contributed by atoms with E-state index < -0.39 is 0 Å². The number of hydrogen-bond donors (Lipinski definition) is 0. The molecule has 1 saturated heterocycles. The van der Waals surface area contributed by atoms with Crippen molar-refractivity contribution < 1.29 is 9.53 Å². The fourth-order valence-electron chi connectivity index (χ4n) is 2.03. The van der Waals surface area contributed by atoms with Crippen LogP contribution in [0.5, 0.6) is 0 Å². The number of ether oxygens (including phenoxy) is 1. The van der Waals surface area contributed by atoms with E-state index in [1.165, 1.54) is 7.11 Å². The molecule has 2 heterocycles. The zero-order valence-electron chi connectivity index (χ0n) is 9.94. The Labute approximate surface area is 109 Å². The van der Waals surface area contributed by atoms with E-state index in [9.17, 15) is 4.79 Å². The normalized spacial score (nSPS) is 19.5. The third kappa shape index (κ3) is 2.60. The van der Waals surface area contributed by atoms with Gasteiger partial charge in [-0.2, -0.15) is 0 Å². The number of anilines is 1. The minimum absolute atomic E-state index is 0.0225. The van der Waals surface area contributed by atoms with Gasteiger partial charge in [0.1, 0.15) is 5.82 Å². The van der Waals surface area contributed by atoms with Gasteiger partial charge in [-0.25, -0.2) is 4.98 Å². The fourth-order valence-corrected chi connectivity index (χ4v) is 2.26. The Bertz CT molecular complexity index is 437. The lowest BCUT2D eigenvalue weighted by atomic mass is 10.1. The van der Waals surface area contributed by atoms with Crippen molar-refractivity contribution in [3.8, 4) is 0 Å². The molecule has 0 aromatic carbocycles. The van der Waals surface area contributed by atoms with E-state index >= 15 is 0 Å². The average molecular weight is 299 g/mol. The first-order valence-corrected chi connectivity index (χ1v) is 6.37. The van der Waals surface area contributed by atoms with Gasteiger partial charge in [0.25, 0.3) is 0 Å². The highest BCUT2D eigenvalue weighted by Crippen LogP contribution is 2.25. The number of hydrogen-bond acceptors (Lipinski definition) is 4. The Hall–Kier alpha value is -1.10. The lowest BCUT2D eigenvalue weighted by molar-refractivity contribution is -0.144. The summed E-state index contributed by atoms with van der Waals surface area (Å²) >= 11 is 3.43. The molecule has 0 spiro atoms. The van der Waals surface area contributed by atoms with E-state index in [0.29, 0.717) is 6.54 Å². The number of carbonyl (C=O) groups is 1. The molecule has 1 aliphatic rings. The maximum atomic E-state index is 11.4. The standard InChI is InChI=1S/C12H15BrN2O2/c1-8-10(13)3-4-11(14-8)15-6-5-9(7-15)12(16)17-2/h3-4,9H,5-7H2,1-2H3. The second-order valence-electron chi connectivity index (χ2n) is 4.19. The highest BCUT2D eigenvalue weighted by molar-refractivity contribution is 9.10. The zero-order chi connectivity index (χ0) is 12.4. The summed E-state index contributed by atoms with van der Waals surface area (Å²) in [5.74, 6) is 0.782. The molecule has 1 aromatic rings. The van der Waals surface area contributed by atoms with Gasteiger partial charge in [-0.15, -0.1) is 0 Å². The minimum atomic E-state index is -0.124. The molecule has 1 aliphatic heterocycles. The highest BCUT2D eigenvalue weighted by Gasteiger charge is 2.29. The van der Waals surface area contributed by atoms with Crippen LogP contribution in [-0.4, -0.2) is 31.2 Å². The minimum Gasteiger partial charge on any atom is -0.469 e. The van der Waals surface area contributed by atoms with Gasteiger partial charge >= 0.3 is 5.97 Å². The molecule has 92 valence electrons. The lowest BCUT2D eigenvalue weighted by Gasteiger charge is -2.17. The van der Waals surface area contributed by atoms with Crippen LogP contribution in [0.15, 0.2) is 16.6 Å². The van der Waals surface area contributed by atoms with Crippen molar-refractivity contribution >= 4 is 27.7 Å². The first-order valence-electron chi connectivity index (χ1n) is 5.57. The van der Waals surface area contributed by atoms with Crippen molar-refractivity contribution in [1.82, 2.24) is 4.98 Å². The Balaban J connectivity index is 2.10. The molecule has 1 atom stereocenters. The number of pyridine rings is 1. The van der Waals surface area contributed by atoms with Crippen LogP contribution in [0.1, 0.15) is 12.1 Å². The number of aryl methyl sites for hydroxylation is 1. The van der Waals surface area contributed by atoms with Crippen LogP contribution in [0.2, 0.25) is 0 Å². The van der Waals surface area contributed by atoms with Crippen molar-refractivity contribution in [1.29, 1.82) is 0 Å². The Morgan fingerprint density at radius 1 is 1.59 bits per heavy atom. The summed E-state index contributed by atoms with van der Waals surface area (Å²) < 4.78 is 5.77. The van der Waals surface area contributed by atoms with Crippen molar-refractivity contribution in [2.45, 2.75) is 13.3 Å². The predicted octanol–water partition coefficient (Wildman–Crippen LogP) is 2.15. The van der Waals surface area contributed by atoms with Crippen LogP contribution in [-0.2, 0) is 9.53 Å². The number of carbonyl (C=O) groups excluding carboxylic acids is 1. The van der Waals surface area contributed by atoms with E-state index in [0.717, 1.165) is 29.0 Å². The van der Waals surface area contributed by atoms with E-state index in [1.807, 2.05) is 19.1 Å². The van der Waals surface area contributed by atoms with Gasteiger partial charge in [0.2, 0.25) is 0 Å². The summed E-state index contributed by atoms with van der Waals surface area (Å²) in [5, 5.41) is 0. The molecule has 0 radical (unpaired) electrons. The fraction of sp³-hybridized carbons (Fsp3) is 0.500. The topological polar surface area (TPSA) is 42.4 Å². The van der Waals surface area contributed by atoms with Crippen LogP contribution in [0.4, 0.5) is 5.82 Å². The molecule has 0 bridgehead atoms. The van der Waals surface area contributed by atoms with Gasteiger partial charge in [0, 0.05) is 17.6 Å². The molecule has 1 fully saturated rings. The molecule has 1 unspecified atom stereocenters. The molecule has 0 saturated carbocycles. The largest absolute Gasteiger partial charge is 0.469 e. The average Bonchev–Trinajstić information content (AvgIpc) is 2.81. The van der Waals surface area contributed by atoms with Crippen LogP contribution in [0, 0.1) is 12.8 Å². The number of nitrogens with zero attached hydrogens (tertiary/aromatic N) is 2. The van der Waals surface area contributed by atoms with Crippen LogP contribution >= 0.6 is 15.9 Å². The summed E-state index contributed by atoms with van der Waals surface area (Å²) in [6.07, 6.45) is 0.837. The summed E-state index contributed by atoms with van der Waals surface area (Å²) in [5.41, 5.74) is 0.962. The maximum absolute atomic E-state index is 11.4. The zero-order valence-corrected chi connectivity index (χ0v) is 11.5. The monoisotopic (exact) mass is 298 g/mol. The molecule has 1 aromatic heterocycles. The quantitative estimate of drug-likeness (QED) is 0.785. The number of rotatable bonds is 2. The molecule has 5 heteroatoms. The number of aromatic nitrogens is 1. The highest BCUT2D eigenvalue weighted by atomic mass is 79.9. The SMILES string of the molecule is COC(=O)C1CCN(c2ccc(Br)c(C)n2)C1. The van der Waals surface area contributed by atoms with Gasteiger partial charge in [-0.1, -0.05) is 0 Å². The number of methoxy groups -OCH3 is 1. The van der Waals surface area contributed by atoms with E-state index in [2.05, 4.69) is 25.8 Å².